The van der Waals surface area contributed by atoms with Crippen LogP contribution >= 0.6 is 0 Å². The Hall–Kier alpha value is -2.64. The first-order valence-electron chi connectivity index (χ1n) is 10.3. The van der Waals surface area contributed by atoms with Crippen LogP contribution in [-0.4, -0.2) is 54.3 Å². The monoisotopic (exact) mass is 425 g/mol. The number of carbonyl (C=O) groups excluding carboxylic acids is 1. The number of para-hydroxylation sites is 1. The molecule has 0 atom stereocenters. The van der Waals surface area contributed by atoms with Gasteiger partial charge in [-0.2, -0.15) is 4.31 Å². The van der Waals surface area contributed by atoms with E-state index in [4.69, 9.17) is 0 Å². The van der Waals surface area contributed by atoms with Crippen LogP contribution in [0.5, 0.6) is 0 Å². The van der Waals surface area contributed by atoms with Crippen molar-refractivity contribution in [2.75, 3.05) is 26.2 Å². The van der Waals surface area contributed by atoms with Gasteiger partial charge in [0.15, 0.2) is 0 Å². The van der Waals surface area contributed by atoms with Crippen molar-refractivity contribution in [3.63, 3.8) is 0 Å². The average molecular weight is 426 g/mol. The molecule has 1 amide bonds. The fourth-order valence-corrected chi connectivity index (χ4v) is 5.88. The fourth-order valence-electron chi connectivity index (χ4n) is 4.15. The van der Waals surface area contributed by atoms with Crippen molar-refractivity contribution >= 4 is 26.8 Å². The number of hydrogen-bond acceptors (Lipinski definition) is 3. The lowest BCUT2D eigenvalue weighted by atomic mass is 10.2. The maximum atomic E-state index is 13.2. The lowest BCUT2D eigenvalue weighted by Gasteiger charge is -2.34. The smallest absolute Gasteiger partial charge is 0.270 e. The van der Waals surface area contributed by atoms with Gasteiger partial charge in [0.25, 0.3) is 5.91 Å². The Morgan fingerprint density at radius 2 is 1.67 bits per heavy atom. The third-order valence-corrected chi connectivity index (χ3v) is 7.87. The molecule has 0 bridgehead atoms. The van der Waals surface area contributed by atoms with Gasteiger partial charge in [-0.05, 0) is 50.1 Å². The van der Waals surface area contributed by atoms with E-state index >= 15 is 0 Å². The van der Waals surface area contributed by atoms with Crippen molar-refractivity contribution in [2.45, 2.75) is 32.2 Å². The highest BCUT2D eigenvalue weighted by Crippen LogP contribution is 2.24. The van der Waals surface area contributed by atoms with Crippen LogP contribution in [0.3, 0.4) is 0 Å². The lowest BCUT2D eigenvalue weighted by Crippen LogP contribution is -2.50. The molecule has 3 aromatic rings. The first-order chi connectivity index (χ1) is 14.3. The minimum Gasteiger partial charge on any atom is -0.337 e. The van der Waals surface area contributed by atoms with Crippen LogP contribution in [0.1, 0.15) is 28.5 Å². The molecule has 158 valence electrons. The predicted molar refractivity (Wildman–Crippen MR) is 118 cm³/mol. The Morgan fingerprint density at radius 1 is 0.967 bits per heavy atom. The third-order valence-electron chi connectivity index (χ3n) is 5.83. The number of benzene rings is 2. The van der Waals surface area contributed by atoms with Crippen LogP contribution in [0.2, 0.25) is 0 Å². The highest BCUT2D eigenvalue weighted by atomic mass is 32.2. The van der Waals surface area contributed by atoms with Crippen molar-refractivity contribution in [3.8, 4) is 0 Å². The molecule has 30 heavy (non-hydrogen) atoms. The van der Waals surface area contributed by atoms with Crippen LogP contribution in [0.4, 0.5) is 0 Å². The average Bonchev–Trinajstić information content (AvgIpc) is 3.13. The molecule has 0 unspecified atom stereocenters. The number of aromatic nitrogens is 1. The number of sulfonamides is 1. The first-order valence-corrected chi connectivity index (χ1v) is 11.7. The van der Waals surface area contributed by atoms with Gasteiger partial charge in [-0.1, -0.05) is 30.3 Å². The zero-order valence-corrected chi connectivity index (χ0v) is 18.4. The molecule has 1 fully saturated rings. The minimum absolute atomic E-state index is 0.0446. The van der Waals surface area contributed by atoms with Crippen molar-refractivity contribution in [3.05, 3.63) is 65.4 Å². The molecule has 7 heteroatoms. The number of fused-ring (bicyclic) bond motifs is 1. The van der Waals surface area contributed by atoms with Gasteiger partial charge in [0.05, 0.1) is 4.90 Å². The van der Waals surface area contributed by atoms with E-state index in [2.05, 4.69) is 0 Å². The van der Waals surface area contributed by atoms with Gasteiger partial charge in [-0.3, -0.25) is 4.79 Å². The molecular weight excluding hydrogens is 398 g/mol. The van der Waals surface area contributed by atoms with Crippen molar-refractivity contribution in [1.29, 1.82) is 0 Å². The molecule has 0 aliphatic carbocycles. The van der Waals surface area contributed by atoms with E-state index in [0.717, 1.165) is 22.0 Å². The molecule has 0 N–H and O–H groups in total. The molecule has 0 saturated carbocycles. The normalized spacial score (nSPS) is 15.6. The summed E-state index contributed by atoms with van der Waals surface area (Å²) in [5.74, 6) is -0.0446. The Bertz CT molecular complexity index is 1210. The van der Waals surface area contributed by atoms with Gasteiger partial charge in [0, 0.05) is 43.6 Å². The van der Waals surface area contributed by atoms with E-state index in [0.29, 0.717) is 43.3 Å². The summed E-state index contributed by atoms with van der Waals surface area (Å²) in [4.78, 5) is 15.3. The molecule has 6 nitrogen and oxygen atoms in total. The Balaban J connectivity index is 1.54. The standard InChI is InChI=1S/C23H27N3O3S/c1-4-26-20-8-6-5-7-19(20)16-21(26)23(27)24-11-13-25(14-12-24)30(28,29)22-15-17(2)9-10-18(22)3/h5-10,15-16H,4,11-14H2,1-3H3. The minimum atomic E-state index is -3.57. The topological polar surface area (TPSA) is 62.6 Å². The molecule has 1 aliphatic rings. The highest BCUT2D eigenvalue weighted by molar-refractivity contribution is 7.89. The number of hydrogen-bond donors (Lipinski definition) is 0. The molecule has 2 heterocycles. The van der Waals surface area contributed by atoms with Gasteiger partial charge in [-0.15, -0.1) is 0 Å². The Kier molecular flexibility index (Phi) is 5.42. The molecule has 1 aromatic heterocycles. The molecule has 1 aliphatic heterocycles. The summed E-state index contributed by atoms with van der Waals surface area (Å²) in [5.41, 5.74) is 3.36. The first kappa shape index (κ1) is 20.6. The van der Waals surface area contributed by atoms with E-state index < -0.39 is 10.0 Å². The fraction of sp³-hybridized carbons (Fsp3) is 0.348. The van der Waals surface area contributed by atoms with Gasteiger partial charge < -0.3 is 9.47 Å². The van der Waals surface area contributed by atoms with Gasteiger partial charge in [0.2, 0.25) is 10.0 Å². The van der Waals surface area contributed by atoms with Crippen LogP contribution in [0.25, 0.3) is 10.9 Å². The number of rotatable bonds is 4. The summed E-state index contributed by atoms with van der Waals surface area (Å²) in [6.07, 6.45) is 0. The van der Waals surface area contributed by atoms with E-state index in [1.54, 1.807) is 11.0 Å². The second kappa shape index (κ2) is 7.89. The highest BCUT2D eigenvalue weighted by Gasteiger charge is 2.32. The molecule has 1 saturated heterocycles. The number of nitrogens with zero attached hydrogens (tertiary/aromatic N) is 3. The van der Waals surface area contributed by atoms with Gasteiger partial charge >= 0.3 is 0 Å². The summed E-state index contributed by atoms with van der Waals surface area (Å²) < 4.78 is 29.8. The van der Waals surface area contributed by atoms with E-state index in [1.807, 2.05) is 67.8 Å². The SMILES string of the molecule is CCn1c(C(=O)N2CCN(S(=O)(=O)c3cc(C)ccc3C)CC2)cc2ccccc21. The quantitative estimate of drug-likeness (QED) is 0.643. The molecule has 4 rings (SSSR count). The van der Waals surface area contributed by atoms with E-state index in [1.165, 1.54) is 4.31 Å². The Morgan fingerprint density at radius 3 is 2.37 bits per heavy atom. The van der Waals surface area contributed by atoms with Crippen molar-refractivity contribution < 1.29 is 13.2 Å². The summed E-state index contributed by atoms with van der Waals surface area (Å²) >= 11 is 0. The van der Waals surface area contributed by atoms with Crippen LogP contribution in [0.15, 0.2) is 53.4 Å². The van der Waals surface area contributed by atoms with Crippen molar-refractivity contribution in [2.24, 2.45) is 0 Å². The summed E-state index contributed by atoms with van der Waals surface area (Å²) in [6, 6.07) is 15.4. The zero-order chi connectivity index (χ0) is 21.5. The third kappa shape index (κ3) is 3.52. The largest absolute Gasteiger partial charge is 0.337 e. The second-order valence-electron chi connectivity index (χ2n) is 7.80. The summed E-state index contributed by atoms with van der Waals surface area (Å²) in [7, 11) is -3.57. The predicted octanol–water partition coefficient (Wildman–Crippen LogP) is 3.42. The van der Waals surface area contributed by atoms with Crippen LogP contribution < -0.4 is 0 Å². The van der Waals surface area contributed by atoms with E-state index in [-0.39, 0.29) is 5.91 Å². The summed E-state index contributed by atoms with van der Waals surface area (Å²) in [6.45, 7) is 7.80. The Labute approximate surface area is 177 Å². The van der Waals surface area contributed by atoms with Gasteiger partial charge in [-0.25, -0.2) is 8.42 Å². The molecule has 0 radical (unpaired) electrons. The molecule has 0 spiro atoms. The molecular formula is C23H27N3O3S. The maximum absolute atomic E-state index is 13.2. The number of amides is 1. The number of aryl methyl sites for hydroxylation is 3. The summed E-state index contributed by atoms with van der Waals surface area (Å²) in [5, 5.41) is 1.04. The van der Waals surface area contributed by atoms with Gasteiger partial charge in [0.1, 0.15) is 5.69 Å². The second-order valence-corrected chi connectivity index (χ2v) is 9.70. The van der Waals surface area contributed by atoms with Crippen LogP contribution in [-0.2, 0) is 16.6 Å². The van der Waals surface area contributed by atoms with Crippen molar-refractivity contribution in [1.82, 2.24) is 13.8 Å². The maximum Gasteiger partial charge on any atom is 0.270 e. The lowest BCUT2D eigenvalue weighted by molar-refractivity contribution is 0.0687. The number of carbonyl (C=O) groups is 1. The zero-order valence-electron chi connectivity index (χ0n) is 17.6. The van der Waals surface area contributed by atoms with Crippen LogP contribution in [0, 0.1) is 13.8 Å². The molecule has 2 aromatic carbocycles. The van der Waals surface area contributed by atoms with E-state index in [9.17, 15) is 13.2 Å². The number of piperazine rings is 1.